The monoisotopic (exact) mass is 278 g/mol. The summed E-state index contributed by atoms with van der Waals surface area (Å²) >= 11 is 11.9. The molecule has 2 nitrogen and oxygen atoms in total. The summed E-state index contributed by atoms with van der Waals surface area (Å²) in [5.74, 6) is 0. The number of halogens is 2. The van der Waals surface area contributed by atoms with Crippen LogP contribution in [0.25, 0.3) is 0 Å². The smallest absolute Gasteiger partial charge is 0.0590 e. The van der Waals surface area contributed by atoms with E-state index < -0.39 is 0 Å². The number of nitrogens with one attached hydrogen (secondary N) is 1. The highest BCUT2D eigenvalue weighted by molar-refractivity contribution is 6.36. The lowest BCUT2D eigenvalue weighted by Gasteiger charge is -2.03. The Kier molecular flexibility index (Phi) is 4.24. The van der Waals surface area contributed by atoms with E-state index in [9.17, 15) is 0 Å². The maximum atomic E-state index is 6.04. The zero-order valence-electron chi connectivity index (χ0n) is 9.82. The van der Waals surface area contributed by atoms with Crippen LogP contribution in [0.4, 0.5) is 5.69 Å². The van der Waals surface area contributed by atoms with Crippen molar-refractivity contribution in [1.82, 2.24) is 0 Å². The quantitative estimate of drug-likeness (QED) is 0.636. The highest BCUT2D eigenvalue weighted by atomic mass is 35.5. The topological polar surface area (TPSA) is 24.4 Å². The third kappa shape index (κ3) is 3.25. The number of para-hydroxylation sites is 1. The van der Waals surface area contributed by atoms with E-state index in [-0.39, 0.29) is 0 Å². The van der Waals surface area contributed by atoms with Crippen LogP contribution < -0.4 is 5.43 Å². The van der Waals surface area contributed by atoms with Gasteiger partial charge in [0.15, 0.2) is 0 Å². The van der Waals surface area contributed by atoms with Crippen LogP contribution in [-0.2, 0) is 0 Å². The molecule has 2 rings (SSSR count). The average Bonchev–Trinajstić information content (AvgIpc) is 2.34. The molecule has 18 heavy (non-hydrogen) atoms. The Morgan fingerprint density at radius 2 is 1.89 bits per heavy atom. The van der Waals surface area contributed by atoms with Crippen LogP contribution in [0.15, 0.2) is 47.6 Å². The lowest BCUT2D eigenvalue weighted by atomic mass is 10.2. The summed E-state index contributed by atoms with van der Waals surface area (Å²) in [5, 5.41) is 5.36. The number of rotatable bonds is 3. The molecule has 2 aromatic carbocycles. The van der Waals surface area contributed by atoms with E-state index in [2.05, 4.69) is 10.5 Å². The minimum absolute atomic E-state index is 0.581. The van der Waals surface area contributed by atoms with Crippen LogP contribution >= 0.6 is 23.2 Å². The zero-order chi connectivity index (χ0) is 13.0. The number of hydrazone groups is 1. The molecular formula is C14H12Cl2N2. The average molecular weight is 279 g/mol. The molecule has 0 aliphatic carbocycles. The fraction of sp³-hybridized carbons (Fsp3) is 0.0714. The van der Waals surface area contributed by atoms with Crippen molar-refractivity contribution in [1.29, 1.82) is 0 Å². The first kappa shape index (κ1) is 12.9. The van der Waals surface area contributed by atoms with Crippen molar-refractivity contribution in [3.8, 4) is 0 Å². The Labute approximate surface area is 116 Å². The Morgan fingerprint density at radius 3 is 2.61 bits per heavy atom. The van der Waals surface area contributed by atoms with Crippen molar-refractivity contribution in [3.05, 3.63) is 63.6 Å². The summed E-state index contributed by atoms with van der Waals surface area (Å²) < 4.78 is 0. The van der Waals surface area contributed by atoms with Gasteiger partial charge in [-0.25, -0.2) is 0 Å². The van der Waals surface area contributed by atoms with Crippen molar-refractivity contribution in [3.63, 3.8) is 0 Å². The molecule has 0 saturated heterocycles. The number of hydrogen-bond donors (Lipinski definition) is 1. The fourth-order valence-corrected chi connectivity index (χ4v) is 1.93. The second-order valence-electron chi connectivity index (χ2n) is 3.85. The van der Waals surface area contributed by atoms with Crippen LogP contribution in [0.1, 0.15) is 11.1 Å². The van der Waals surface area contributed by atoms with Gasteiger partial charge in [0.2, 0.25) is 0 Å². The highest BCUT2D eigenvalue weighted by Crippen LogP contribution is 2.19. The van der Waals surface area contributed by atoms with Gasteiger partial charge in [0.05, 0.1) is 16.9 Å². The van der Waals surface area contributed by atoms with Crippen LogP contribution in [0, 0.1) is 6.92 Å². The molecule has 92 valence electrons. The van der Waals surface area contributed by atoms with Crippen LogP contribution in [0.5, 0.6) is 0 Å². The molecule has 4 heteroatoms. The Bertz CT molecular complexity index is 580. The predicted octanol–water partition coefficient (Wildman–Crippen LogP) is 4.75. The summed E-state index contributed by atoms with van der Waals surface area (Å²) in [6, 6.07) is 13.2. The molecule has 1 N–H and O–H groups in total. The first-order chi connectivity index (χ1) is 8.66. The molecule has 0 unspecified atom stereocenters. The van der Waals surface area contributed by atoms with Gasteiger partial charge in [0.1, 0.15) is 0 Å². The number of hydrogen-bond acceptors (Lipinski definition) is 2. The van der Waals surface area contributed by atoms with Crippen LogP contribution in [0.3, 0.4) is 0 Å². The van der Waals surface area contributed by atoms with E-state index >= 15 is 0 Å². The van der Waals surface area contributed by atoms with Crippen LogP contribution in [-0.4, -0.2) is 6.21 Å². The summed E-state index contributed by atoms with van der Waals surface area (Å²) in [4.78, 5) is 0. The zero-order valence-corrected chi connectivity index (χ0v) is 11.3. The first-order valence-corrected chi connectivity index (χ1v) is 6.22. The molecule has 2 aromatic rings. The Morgan fingerprint density at radius 1 is 1.11 bits per heavy atom. The van der Waals surface area contributed by atoms with E-state index in [1.54, 1.807) is 18.3 Å². The molecule has 0 atom stereocenters. The molecule has 0 bridgehead atoms. The second-order valence-corrected chi connectivity index (χ2v) is 4.69. The summed E-state index contributed by atoms with van der Waals surface area (Å²) in [7, 11) is 0. The van der Waals surface area contributed by atoms with Gasteiger partial charge in [0.25, 0.3) is 0 Å². The summed E-state index contributed by atoms with van der Waals surface area (Å²) in [5.41, 5.74) is 5.91. The maximum Gasteiger partial charge on any atom is 0.0590 e. The first-order valence-electron chi connectivity index (χ1n) is 5.46. The van der Waals surface area contributed by atoms with Crippen molar-refractivity contribution >= 4 is 35.1 Å². The van der Waals surface area contributed by atoms with Gasteiger partial charge < -0.3 is 0 Å². The van der Waals surface area contributed by atoms with E-state index in [1.165, 1.54) is 0 Å². The van der Waals surface area contributed by atoms with Gasteiger partial charge in [-0.1, -0.05) is 47.5 Å². The van der Waals surface area contributed by atoms with Crippen LogP contribution in [0.2, 0.25) is 10.0 Å². The predicted molar refractivity (Wildman–Crippen MR) is 78.9 cm³/mol. The number of nitrogens with zero attached hydrogens (tertiary/aromatic N) is 1. The molecule has 0 heterocycles. The van der Waals surface area contributed by atoms with E-state index in [1.807, 2.05) is 37.3 Å². The standard InChI is InChI=1S/C14H12Cl2N2/c1-10-4-2-3-5-14(10)18-17-9-11-6-7-12(15)8-13(11)16/h2-9,18H,1H3/b17-9-. The van der Waals surface area contributed by atoms with E-state index in [0.717, 1.165) is 16.8 Å². The van der Waals surface area contributed by atoms with Gasteiger partial charge in [-0.05, 0) is 30.7 Å². The fourth-order valence-electron chi connectivity index (χ4n) is 1.48. The molecule has 0 radical (unpaired) electrons. The second kappa shape index (κ2) is 5.89. The minimum Gasteiger partial charge on any atom is -0.278 e. The number of benzene rings is 2. The molecule has 0 fully saturated rings. The van der Waals surface area contributed by atoms with E-state index in [4.69, 9.17) is 23.2 Å². The highest BCUT2D eigenvalue weighted by Gasteiger charge is 1.98. The Balaban J connectivity index is 2.10. The minimum atomic E-state index is 0.581. The lowest BCUT2D eigenvalue weighted by molar-refractivity contribution is 1.31. The summed E-state index contributed by atoms with van der Waals surface area (Å²) in [6.07, 6.45) is 1.67. The van der Waals surface area contributed by atoms with Gasteiger partial charge >= 0.3 is 0 Å². The molecule has 0 aromatic heterocycles. The Hall–Kier alpha value is -1.51. The number of anilines is 1. The molecule has 0 amide bonds. The van der Waals surface area contributed by atoms with Crippen molar-refractivity contribution < 1.29 is 0 Å². The number of aryl methyl sites for hydroxylation is 1. The lowest BCUT2D eigenvalue weighted by Crippen LogP contribution is -1.93. The van der Waals surface area contributed by atoms with E-state index in [0.29, 0.717) is 10.0 Å². The molecule has 0 saturated carbocycles. The molecule has 0 aliphatic rings. The molecular weight excluding hydrogens is 267 g/mol. The third-order valence-electron chi connectivity index (χ3n) is 2.50. The van der Waals surface area contributed by atoms with Crippen molar-refractivity contribution in [2.24, 2.45) is 5.10 Å². The van der Waals surface area contributed by atoms with Crippen molar-refractivity contribution in [2.45, 2.75) is 6.92 Å². The normalized spacial score (nSPS) is 10.8. The summed E-state index contributed by atoms with van der Waals surface area (Å²) in [6.45, 7) is 2.02. The molecule has 0 aliphatic heterocycles. The van der Waals surface area contributed by atoms with Gasteiger partial charge in [-0.15, -0.1) is 0 Å². The SMILES string of the molecule is Cc1ccccc1N/N=C\c1ccc(Cl)cc1Cl. The van der Waals surface area contributed by atoms with Crippen molar-refractivity contribution in [2.75, 3.05) is 5.43 Å². The molecule has 0 spiro atoms. The maximum absolute atomic E-state index is 6.04. The largest absolute Gasteiger partial charge is 0.278 e. The van der Waals surface area contributed by atoms with Gasteiger partial charge in [-0.3, -0.25) is 5.43 Å². The van der Waals surface area contributed by atoms with Gasteiger partial charge in [-0.2, -0.15) is 5.10 Å². The van der Waals surface area contributed by atoms with Gasteiger partial charge in [0, 0.05) is 10.6 Å². The third-order valence-corrected chi connectivity index (χ3v) is 3.06.